The number of rotatable bonds is 3. The van der Waals surface area contributed by atoms with Gasteiger partial charge in [-0.05, 0) is 18.2 Å². The summed E-state index contributed by atoms with van der Waals surface area (Å²) in [6, 6.07) is 5.33. The summed E-state index contributed by atoms with van der Waals surface area (Å²) in [6.07, 6.45) is 0.670. The first kappa shape index (κ1) is 13.6. The molecule has 0 spiro atoms. The third-order valence-electron chi connectivity index (χ3n) is 2.08. The minimum absolute atomic E-state index is 0.0818. The van der Waals surface area contributed by atoms with E-state index in [1.165, 1.54) is 11.8 Å². The molecule has 0 bridgehead atoms. The number of anilines is 1. The largest absolute Gasteiger partial charge is 0.398 e. The van der Waals surface area contributed by atoms with E-state index in [9.17, 15) is 4.79 Å². The summed E-state index contributed by atoms with van der Waals surface area (Å²) in [5.74, 6) is 6.67. The third kappa shape index (κ3) is 4.94. The van der Waals surface area contributed by atoms with Crippen molar-refractivity contribution in [3.63, 3.8) is 0 Å². The molecule has 0 heterocycles. The Hall–Kier alpha value is -1.44. The van der Waals surface area contributed by atoms with E-state index in [4.69, 9.17) is 10.8 Å². The molecule has 90 valence electrons. The Balaban J connectivity index is 2.57. The van der Waals surface area contributed by atoms with Crippen molar-refractivity contribution in [3.05, 3.63) is 29.3 Å². The van der Waals surface area contributed by atoms with Crippen molar-refractivity contribution in [2.24, 2.45) is 0 Å². The van der Waals surface area contributed by atoms with Crippen LogP contribution in [0.4, 0.5) is 5.69 Å². The number of thioether (sulfide) groups is 1. The lowest BCUT2D eigenvalue weighted by Crippen LogP contribution is -1.94. The van der Waals surface area contributed by atoms with Crippen LogP contribution in [0.15, 0.2) is 18.2 Å². The maximum Gasteiger partial charge on any atom is 0.185 e. The standard InChI is InChI=1S/C13H15NO2S/c1-10(16)17-7-3-2-4-11-5-6-13(14)12(8-11)9-15/h5-6,8,15H,3,7,9,14H2,1H3. The zero-order valence-corrected chi connectivity index (χ0v) is 10.5. The van der Waals surface area contributed by atoms with Crippen molar-refractivity contribution in [1.29, 1.82) is 0 Å². The Morgan fingerprint density at radius 1 is 1.53 bits per heavy atom. The highest BCUT2D eigenvalue weighted by molar-refractivity contribution is 8.13. The Morgan fingerprint density at radius 3 is 2.94 bits per heavy atom. The molecule has 4 heteroatoms. The van der Waals surface area contributed by atoms with Crippen LogP contribution in [0, 0.1) is 11.8 Å². The van der Waals surface area contributed by atoms with Crippen LogP contribution in [0.5, 0.6) is 0 Å². The molecule has 0 amide bonds. The van der Waals surface area contributed by atoms with Crippen molar-refractivity contribution in [1.82, 2.24) is 0 Å². The average Bonchev–Trinajstić information content (AvgIpc) is 2.30. The number of benzene rings is 1. The predicted molar refractivity (Wildman–Crippen MR) is 71.4 cm³/mol. The van der Waals surface area contributed by atoms with Crippen molar-refractivity contribution >= 4 is 22.6 Å². The summed E-state index contributed by atoms with van der Waals surface area (Å²) in [6.45, 7) is 1.47. The molecule has 0 fully saturated rings. The van der Waals surface area contributed by atoms with E-state index < -0.39 is 0 Å². The second-order valence-electron chi connectivity index (χ2n) is 3.46. The van der Waals surface area contributed by atoms with Gasteiger partial charge >= 0.3 is 0 Å². The van der Waals surface area contributed by atoms with Gasteiger partial charge in [0, 0.05) is 35.9 Å². The van der Waals surface area contributed by atoms with Gasteiger partial charge < -0.3 is 10.8 Å². The highest BCUT2D eigenvalue weighted by Crippen LogP contribution is 2.13. The van der Waals surface area contributed by atoms with Crippen LogP contribution in [0.3, 0.4) is 0 Å². The van der Waals surface area contributed by atoms with Crippen LogP contribution in [-0.2, 0) is 11.4 Å². The lowest BCUT2D eigenvalue weighted by Gasteiger charge is -2.01. The lowest BCUT2D eigenvalue weighted by atomic mass is 10.1. The molecule has 1 aromatic carbocycles. The zero-order chi connectivity index (χ0) is 12.7. The number of aliphatic hydroxyl groups is 1. The number of carbonyl (C=O) groups is 1. The van der Waals surface area contributed by atoms with E-state index in [-0.39, 0.29) is 11.7 Å². The quantitative estimate of drug-likeness (QED) is 0.487. The topological polar surface area (TPSA) is 63.3 Å². The molecule has 3 nitrogen and oxygen atoms in total. The zero-order valence-electron chi connectivity index (χ0n) is 9.69. The molecule has 0 aliphatic rings. The van der Waals surface area contributed by atoms with Gasteiger partial charge in [-0.3, -0.25) is 4.79 Å². The number of nitrogen functional groups attached to an aromatic ring is 1. The van der Waals surface area contributed by atoms with Crippen LogP contribution in [-0.4, -0.2) is 16.0 Å². The molecule has 0 atom stereocenters. The molecule has 1 aromatic rings. The van der Waals surface area contributed by atoms with Crippen LogP contribution in [0.2, 0.25) is 0 Å². The Labute approximate surface area is 105 Å². The summed E-state index contributed by atoms with van der Waals surface area (Å²) in [5.41, 5.74) is 7.75. The van der Waals surface area contributed by atoms with E-state index in [0.717, 1.165) is 5.56 Å². The Bertz CT molecular complexity index is 460. The molecule has 3 N–H and O–H groups in total. The molecule has 0 saturated carbocycles. The first-order valence-electron chi connectivity index (χ1n) is 5.25. The van der Waals surface area contributed by atoms with Crippen molar-refractivity contribution in [2.45, 2.75) is 20.0 Å². The fourth-order valence-corrected chi connectivity index (χ4v) is 1.72. The molecule has 17 heavy (non-hydrogen) atoms. The first-order chi connectivity index (χ1) is 8.13. The lowest BCUT2D eigenvalue weighted by molar-refractivity contribution is -0.109. The van der Waals surface area contributed by atoms with E-state index in [0.29, 0.717) is 23.4 Å². The van der Waals surface area contributed by atoms with Gasteiger partial charge in [0.05, 0.1) is 6.61 Å². The van der Waals surface area contributed by atoms with Gasteiger partial charge in [-0.25, -0.2) is 0 Å². The van der Waals surface area contributed by atoms with Crippen LogP contribution >= 0.6 is 11.8 Å². The van der Waals surface area contributed by atoms with Crippen molar-refractivity contribution in [3.8, 4) is 11.8 Å². The molecule has 1 rings (SSSR count). The van der Waals surface area contributed by atoms with Crippen LogP contribution < -0.4 is 5.73 Å². The molecule has 0 radical (unpaired) electrons. The van der Waals surface area contributed by atoms with Gasteiger partial charge in [0.1, 0.15) is 0 Å². The average molecular weight is 249 g/mol. The molecule has 0 unspecified atom stereocenters. The van der Waals surface area contributed by atoms with Crippen LogP contribution in [0.25, 0.3) is 0 Å². The van der Waals surface area contributed by atoms with Crippen molar-refractivity contribution in [2.75, 3.05) is 11.5 Å². The molecular formula is C13H15NO2S. The van der Waals surface area contributed by atoms with Gasteiger partial charge in [-0.15, -0.1) is 0 Å². The van der Waals surface area contributed by atoms with Gasteiger partial charge in [0.2, 0.25) is 0 Å². The molecular weight excluding hydrogens is 234 g/mol. The van der Waals surface area contributed by atoms with E-state index >= 15 is 0 Å². The number of hydrogen-bond donors (Lipinski definition) is 2. The van der Waals surface area contributed by atoms with Gasteiger partial charge in [-0.1, -0.05) is 23.6 Å². The highest BCUT2D eigenvalue weighted by atomic mass is 32.2. The minimum atomic E-state index is -0.0818. The van der Waals surface area contributed by atoms with Gasteiger partial charge in [-0.2, -0.15) is 0 Å². The fourth-order valence-electron chi connectivity index (χ4n) is 1.23. The number of nitrogens with two attached hydrogens (primary N) is 1. The number of carbonyl (C=O) groups excluding carboxylic acids is 1. The maximum atomic E-state index is 10.7. The monoisotopic (exact) mass is 249 g/mol. The molecule has 0 saturated heterocycles. The maximum absolute atomic E-state index is 10.7. The molecule has 0 aliphatic carbocycles. The third-order valence-corrected chi connectivity index (χ3v) is 2.89. The second kappa shape index (κ2) is 7.00. The van der Waals surface area contributed by atoms with Gasteiger partial charge in [0.25, 0.3) is 0 Å². The van der Waals surface area contributed by atoms with Crippen molar-refractivity contribution < 1.29 is 9.90 Å². The second-order valence-corrected chi connectivity index (χ2v) is 4.74. The summed E-state index contributed by atoms with van der Waals surface area (Å²) in [5, 5.41) is 9.16. The smallest absolute Gasteiger partial charge is 0.185 e. The summed E-state index contributed by atoms with van der Waals surface area (Å²) < 4.78 is 0. The number of aliphatic hydroxyl groups excluding tert-OH is 1. The number of hydrogen-bond acceptors (Lipinski definition) is 4. The van der Waals surface area contributed by atoms with E-state index in [1.807, 2.05) is 6.07 Å². The molecule has 0 aliphatic heterocycles. The highest BCUT2D eigenvalue weighted by Gasteiger charge is 1.97. The predicted octanol–water partition coefficient (Wildman–Crippen LogP) is 1.78. The minimum Gasteiger partial charge on any atom is -0.398 e. The van der Waals surface area contributed by atoms with Gasteiger partial charge in [0.15, 0.2) is 5.12 Å². The summed E-state index contributed by atoms with van der Waals surface area (Å²) >= 11 is 1.28. The van der Waals surface area contributed by atoms with E-state index in [1.54, 1.807) is 19.1 Å². The van der Waals surface area contributed by atoms with E-state index in [2.05, 4.69) is 11.8 Å². The summed E-state index contributed by atoms with van der Waals surface area (Å²) in [7, 11) is 0. The Morgan fingerprint density at radius 2 is 2.29 bits per heavy atom. The fraction of sp³-hybridized carbons (Fsp3) is 0.308. The van der Waals surface area contributed by atoms with Crippen LogP contribution in [0.1, 0.15) is 24.5 Å². The first-order valence-corrected chi connectivity index (χ1v) is 6.23. The molecule has 0 aromatic heterocycles. The SMILES string of the molecule is CC(=O)SCCC#Cc1ccc(N)c(CO)c1. The summed E-state index contributed by atoms with van der Waals surface area (Å²) in [4.78, 5) is 10.7. The Kier molecular flexibility index (Phi) is 5.61. The normalized spacial score (nSPS) is 9.53.